The summed E-state index contributed by atoms with van der Waals surface area (Å²) in [7, 11) is -0.836. The SMILES string of the molecule is CCCCN1C(Cc2ccccc2)C(O)C2OP1N(CCCC)C2Cc1ccccc1. The van der Waals surface area contributed by atoms with Crippen LogP contribution in [0.1, 0.15) is 50.7 Å². The predicted octanol–water partition coefficient (Wildman–Crippen LogP) is 5.41. The molecule has 0 aliphatic carbocycles. The summed E-state index contributed by atoms with van der Waals surface area (Å²) in [4.78, 5) is 0. The van der Waals surface area contributed by atoms with E-state index in [9.17, 15) is 5.11 Å². The first-order valence-electron chi connectivity index (χ1n) is 12.0. The fourth-order valence-electron chi connectivity index (χ4n) is 4.86. The number of nitrogens with zero attached hydrogens (tertiary/aromatic N) is 2. The molecule has 0 aromatic heterocycles. The molecule has 5 atom stereocenters. The smallest absolute Gasteiger partial charge is 0.189 e. The lowest BCUT2D eigenvalue weighted by Gasteiger charge is -2.43. The van der Waals surface area contributed by atoms with E-state index in [1.807, 2.05) is 0 Å². The highest BCUT2D eigenvalue weighted by atomic mass is 31.2. The van der Waals surface area contributed by atoms with E-state index in [1.165, 1.54) is 24.0 Å². The van der Waals surface area contributed by atoms with Crippen LogP contribution in [-0.2, 0) is 17.4 Å². The molecule has 31 heavy (non-hydrogen) atoms. The summed E-state index contributed by atoms with van der Waals surface area (Å²) in [6.45, 7) is 6.53. The van der Waals surface area contributed by atoms with Crippen molar-refractivity contribution < 1.29 is 9.63 Å². The molecule has 2 aromatic rings. The van der Waals surface area contributed by atoms with Crippen LogP contribution in [0.15, 0.2) is 60.7 Å². The number of aliphatic hydroxyl groups excluding tert-OH is 1. The molecule has 2 bridgehead atoms. The van der Waals surface area contributed by atoms with E-state index in [1.54, 1.807) is 0 Å². The number of fused-ring (bicyclic) bond motifs is 2. The minimum Gasteiger partial charge on any atom is -0.389 e. The van der Waals surface area contributed by atoms with Crippen LogP contribution in [0.25, 0.3) is 0 Å². The van der Waals surface area contributed by atoms with Gasteiger partial charge in [-0.05, 0) is 36.8 Å². The van der Waals surface area contributed by atoms with Gasteiger partial charge in [0.25, 0.3) is 0 Å². The van der Waals surface area contributed by atoms with Crippen LogP contribution in [0, 0.1) is 0 Å². The molecule has 1 N–H and O–H groups in total. The van der Waals surface area contributed by atoms with E-state index < -0.39 is 14.6 Å². The third-order valence-electron chi connectivity index (χ3n) is 6.59. The molecule has 168 valence electrons. The summed E-state index contributed by atoms with van der Waals surface area (Å²) in [6, 6.07) is 21.7. The Morgan fingerprint density at radius 3 is 1.77 bits per heavy atom. The van der Waals surface area contributed by atoms with Gasteiger partial charge < -0.3 is 9.63 Å². The third kappa shape index (κ3) is 5.21. The van der Waals surface area contributed by atoms with E-state index in [4.69, 9.17) is 4.52 Å². The fourth-order valence-corrected chi connectivity index (χ4v) is 7.44. The third-order valence-corrected chi connectivity index (χ3v) is 8.89. The summed E-state index contributed by atoms with van der Waals surface area (Å²) in [6.07, 6.45) is 5.85. The Morgan fingerprint density at radius 2 is 1.26 bits per heavy atom. The number of rotatable bonds is 10. The number of unbranched alkanes of at least 4 members (excludes halogenated alkanes) is 2. The maximum absolute atomic E-state index is 11.6. The zero-order chi connectivity index (χ0) is 21.6. The van der Waals surface area contributed by atoms with Crippen LogP contribution in [0.5, 0.6) is 0 Å². The van der Waals surface area contributed by atoms with Gasteiger partial charge in [-0.3, -0.25) is 0 Å². The molecule has 4 nitrogen and oxygen atoms in total. The lowest BCUT2D eigenvalue weighted by Crippen LogP contribution is -2.52. The maximum atomic E-state index is 11.6. The molecule has 5 unspecified atom stereocenters. The molecular weight excluding hydrogens is 403 g/mol. The zero-order valence-corrected chi connectivity index (χ0v) is 19.8. The van der Waals surface area contributed by atoms with Crippen LogP contribution in [0.2, 0.25) is 0 Å². The van der Waals surface area contributed by atoms with Gasteiger partial charge in [-0.25, -0.2) is 9.34 Å². The molecular formula is C26H37N2O2P. The Hall–Kier alpha value is -1.29. The molecule has 5 heteroatoms. The Morgan fingerprint density at radius 1 is 0.774 bits per heavy atom. The zero-order valence-electron chi connectivity index (χ0n) is 18.9. The summed E-state index contributed by atoms with van der Waals surface area (Å²) >= 11 is 0. The molecule has 0 amide bonds. The lowest BCUT2D eigenvalue weighted by atomic mass is 9.91. The van der Waals surface area contributed by atoms with Crippen LogP contribution in [0.3, 0.4) is 0 Å². The number of benzene rings is 2. The van der Waals surface area contributed by atoms with Crippen LogP contribution in [0.4, 0.5) is 0 Å². The van der Waals surface area contributed by atoms with Crippen LogP contribution < -0.4 is 0 Å². The normalized spacial score (nSPS) is 28.8. The van der Waals surface area contributed by atoms with Gasteiger partial charge in [0.15, 0.2) is 8.45 Å². The van der Waals surface area contributed by atoms with Gasteiger partial charge in [-0.1, -0.05) is 87.4 Å². The van der Waals surface area contributed by atoms with Gasteiger partial charge in [-0.2, -0.15) is 0 Å². The highest BCUT2D eigenvalue weighted by Gasteiger charge is 2.56. The second-order valence-electron chi connectivity index (χ2n) is 8.86. The maximum Gasteiger partial charge on any atom is 0.189 e. The van der Waals surface area contributed by atoms with E-state index in [2.05, 4.69) is 83.9 Å². The highest BCUT2D eigenvalue weighted by Crippen LogP contribution is 2.60. The molecule has 2 aliphatic rings. The Labute approximate surface area is 189 Å². The average molecular weight is 441 g/mol. The van der Waals surface area contributed by atoms with Crippen LogP contribution >= 0.6 is 8.45 Å². The summed E-state index contributed by atoms with van der Waals surface area (Å²) < 4.78 is 11.8. The molecule has 2 aromatic carbocycles. The fraction of sp³-hybridized carbons (Fsp3) is 0.538. The van der Waals surface area contributed by atoms with Crippen molar-refractivity contribution in [1.29, 1.82) is 0 Å². The van der Waals surface area contributed by atoms with E-state index in [-0.39, 0.29) is 18.2 Å². The van der Waals surface area contributed by atoms with Crippen molar-refractivity contribution in [3.05, 3.63) is 71.8 Å². The molecule has 2 heterocycles. The first-order chi connectivity index (χ1) is 15.2. The largest absolute Gasteiger partial charge is 0.389 e. The van der Waals surface area contributed by atoms with E-state index in [0.29, 0.717) is 0 Å². The Bertz CT molecular complexity index is 751. The molecule has 2 fully saturated rings. The van der Waals surface area contributed by atoms with Gasteiger partial charge in [0.2, 0.25) is 0 Å². The summed E-state index contributed by atoms with van der Waals surface area (Å²) in [5.41, 5.74) is 2.62. The standard InChI is InChI=1S/C26H37N2O2P/c1-3-5-17-27-23(19-21-13-9-7-10-14-21)25(29)26-24(20-22-15-11-8-12-16-22)28(18-6-4-2)31(27)30-26/h7-16,23-26,29H,3-6,17-20H2,1-2H3. The molecule has 0 radical (unpaired) electrons. The van der Waals surface area contributed by atoms with Crippen molar-refractivity contribution in [2.75, 3.05) is 13.1 Å². The van der Waals surface area contributed by atoms with Gasteiger partial charge in [-0.15, -0.1) is 0 Å². The van der Waals surface area contributed by atoms with Crippen molar-refractivity contribution in [1.82, 2.24) is 9.34 Å². The van der Waals surface area contributed by atoms with Gasteiger partial charge >= 0.3 is 0 Å². The summed E-state index contributed by atoms with van der Waals surface area (Å²) in [5.74, 6) is 0. The average Bonchev–Trinajstić information content (AvgIpc) is 3.12. The first kappa shape index (κ1) is 22.9. The van der Waals surface area contributed by atoms with Crippen molar-refractivity contribution in [3.63, 3.8) is 0 Å². The van der Waals surface area contributed by atoms with Crippen LogP contribution in [-0.4, -0.2) is 51.8 Å². The van der Waals surface area contributed by atoms with Gasteiger partial charge in [0, 0.05) is 25.2 Å². The van der Waals surface area contributed by atoms with E-state index in [0.717, 1.165) is 38.8 Å². The second-order valence-corrected chi connectivity index (χ2v) is 10.6. The lowest BCUT2D eigenvalue weighted by molar-refractivity contribution is -0.0298. The number of hydrogen-bond acceptors (Lipinski definition) is 4. The minimum absolute atomic E-state index is 0.115. The van der Waals surface area contributed by atoms with Crippen molar-refractivity contribution in [2.45, 2.75) is 76.7 Å². The highest BCUT2D eigenvalue weighted by molar-refractivity contribution is 7.47. The molecule has 2 saturated heterocycles. The predicted molar refractivity (Wildman–Crippen MR) is 129 cm³/mol. The second kappa shape index (κ2) is 11.0. The molecule has 0 saturated carbocycles. The molecule has 2 aliphatic heterocycles. The van der Waals surface area contributed by atoms with Gasteiger partial charge in [0.05, 0.1) is 6.10 Å². The summed E-state index contributed by atoms with van der Waals surface area (Å²) in [5, 5.41) is 11.6. The van der Waals surface area contributed by atoms with Gasteiger partial charge in [0.1, 0.15) is 6.10 Å². The molecule has 0 spiro atoms. The van der Waals surface area contributed by atoms with Crippen molar-refractivity contribution in [3.8, 4) is 0 Å². The number of aliphatic hydroxyl groups is 1. The quantitative estimate of drug-likeness (QED) is 0.501. The topological polar surface area (TPSA) is 35.9 Å². The minimum atomic E-state index is -0.836. The van der Waals surface area contributed by atoms with Crippen molar-refractivity contribution in [2.24, 2.45) is 0 Å². The Kier molecular flexibility index (Phi) is 8.14. The molecule has 4 rings (SSSR count). The number of hydrogen-bond donors (Lipinski definition) is 1. The van der Waals surface area contributed by atoms with E-state index >= 15 is 0 Å². The van der Waals surface area contributed by atoms with Crippen molar-refractivity contribution >= 4 is 8.45 Å². The Balaban J connectivity index is 1.63. The first-order valence-corrected chi connectivity index (χ1v) is 13.1. The monoisotopic (exact) mass is 440 g/mol.